The van der Waals surface area contributed by atoms with E-state index in [-0.39, 0.29) is 11.8 Å². The molecular formula is C33H29N5O3. The molecule has 1 heterocycles. The maximum atomic E-state index is 13.5. The van der Waals surface area contributed by atoms with Gasteiger partial charge >= 0.3 is 0 Å². The van der Waals surface area contributed by atoms with Crippen LogP contribution in [0.1, 0.15) is 17.2 Å². The minimum atomic E-state index is -0.700. The fourth-order valence-electron chi connectivity index (χ4n) is 4.28. The van der Waals surface area contributed by atoms with Gasteiger partial charge in [0.05, 0.1) is 24.0 Å². The summed E-state index contributed by atoms with van der Waals surface area (Å²) in [4.78, 5) is 30.3. The highest BCUT2D eigenvalue weighted by molar-refractivity contribution is 6.03. The van der Waals surface area contributed by atoms with Crippen LogP contribution in [0.15, 0.2) is 115 Å². The van der Waals surface area contributed by atoms with Crippen LogP contribution in [0.25, 0.3) is 17.0 Å². The van der Waals surface area contributed by atoms with Crippen molar-refractivity contribution in [1.29, 1.82) is 0 Å². The second kappa shape index (κ2) is 12.5. The molecule has 41 heavy (non-hydrogen) atoms. The molecule has 1 unspecified atom stereocenters. The van der Waals surface area contributed by atoms with Crippen molar-refractivity contribution in [2.24, 2.45) is 0 Å². The molecule has 0 aliphatic carbocycles. The van der Waals surface area contributed by atoms with E-state index >= 15 is 0 Å². The Morgan fingerprint density at radius 3 is 2.37 bits per heavy atom. The van der Waals surface area contributed by atoms with Crippen LogP contribution < -0.4 is 26.4 Å². The van der Waals surface area contributed by atoms with E-state index < -0.39 is 6.04 Å². The summed E-state index contributed by atoms with van der Waals surface area (Å²) in [5, 5.41) is 10.1. The Bertz CT molecular complexity index is 1700. The third-order valence-electron chi connectivity index (χ3n) is 6.45. The number of nitrogen functional groups attached to an aromatic ring is 1. The Kier molecular flexibility index (Phi) is 8.21. The van der Waals surface area contributed by atoms with E-state index in [0.717, 1.165) is 27.7 Å². The van der Waals surface area contributed by atoms with Gasteiger partial charge in [0.15, 0.2) is 0 Å². The molecule has 0 aliphatic heterocycles. The molecule has 5 aromatic rings. The van der Waals surface area contributed by atoms with Gasteiger partial charge in [-0.3, -0.25) is 14.6 Å². The predicted molar refractivity (Wildman–Crippen MR) is 165 cm³/mol. The Hall–Kier alpha value is -5.63. The van der Waals surface area contributed by atoms with Crippen LogP contribution >= 0.6 is 0 Å². The molecule has 2 amide bonds. The molecule has 1 atom stereocenters. The van der Waals surface area contributed by atoms with Gasteiger partial charge in [0, 0.05) is 29.0 Å². The Morgan fingerprint density at radius 2 is 1.61 bits per heavy atom. The summed E-state index contributed by atoms with van der Waals surface area (Å²) in [6.45, 7) is 0. The minimum Gasteiger partial charge on any atom is -0.497 e. The number of ether oxygens (including phenoxy) is 1. The topological polar surface area (TPSA) is 118 Å². The van der Waals surface area contributed by atoms with E-state index in [2.05, 4.69) is 20.9 Å². The first kappa shape index (κ1) is 27.0. The normalized spacial score (nSPS) is 11.6. The number of nitrogens with one attached hydrogen (secondary N) is 3. The second-order valence-electron chi connectivity index (χ2n) is 9.28. The number of pyridine rings is 1. The molecule has 0 aliphatic rings. The molecule has 8 nitrogen and oxygen atoms in total. The number of carbonyl (C=O) groups excluding carboxylic acids is 2. The lowest BCUT2D eigenvalue weighted by Gasteiger charge is -2.21. The van der Waals surface area contributed by atoms with Crippen molar-refractivity contribution in [2.45, 2.75) is 6.04 Å². The van der Waals surface area contributed by atoms with E-state index in [1.807, 2.05) is 54.6 Å². The maximum Gasteiger partial charge on any atom is 0.251 e. The van der Waals surface area contributed by atoms with E-state index in [4.69, 9.17) is 10.5 Å². The fraction of sp³-hybridized carbons (Fsp3) is 0.0606. The summed E-state index contributed by atoms with van der Waals surface area (Å²) in [6.07, 6.45) is 4.89. The smallest absolute Gasteiger partial charge is 0.251 e. The van der Waals surface area contributed by atoms with Gasteiger partial charge in [0.2, 0.25) is 5.91 Å². The molecule has 0 radical (unpaired) electrons. The summed E-state index contributed by atoms with van der Waals surface area (Å²) in [5.41, 5.74) is 10.8. The molecule has 1 aromatic heterocycles. The van der Waals surface area contributed by atoms with Gasteiger partial charge in [-0.2, -0.15) is 0 Å². The van der Waals surface area contributed by atoms with Crippen LogP contribution in [0.2, 0.25) is 0 Å². The lowest BCUT2D eigenvalue weighted by molar-refractivity contribution is -0.117. The van der Waals surface area contributed by atoms with Crippen LogP contribution in [-0.4, -0.2) is 23.9 Å². The molecular weight excluding hydrogens is 514 g/mol. The maximum absolute atomic E-state index is 13.5. The minimum absolute atomic E-state index is 0.232. The standard InChI is InChI=1S/C33H29N5O3/c1-41-27-16-13-25(14-17-27)37-33(40)32(36-26-15-18-29-24(21-26)5-4-20-35-29)23-11-8-22(9-12-23)10-19-31(39)38-30-7-3-2-6-28(30)34/h2-21,32,36H,34H2,1H3,(H,37,40)(H,38,39)/b19-10+. The zero-order chi connectivity index (χ0) is 28.6. The van der Waals surface area contributed by atoms with Gasteiger partial charge < -0.3 is 26.4 Å². The first-order valence-corrected chi connectivity index (χ1v) is 13.0. The number of hydrogen-bond donors (Lipinski definition) is 4. The second-order valence-corrected chi connectivity index (χ2v) is 9.28. The van der Waals surface area contributed by atoms with Crippen LogP contribution in [-0.2, 0) is 9.59 Å². The molecule has 5 N–H and O–H groups in total. The largest absolute Gasteiger partial charge is 0.497 e. The van der Waals surface area contributed by atoms with Gasteiger partial charge in [-0.15, -0.1) is 0 Å². The van der Waals surface area contributed by atoms with Crippen LogP contribution in [0.4, 0.5) is 22.7 Å². The number of methoxy groups -OCH3 is 1. The molecule has 0 fully saturated rings. The quantitative estimate of drug-likeness (QED) is 0.129. The third-order valence-corrected chi connectivity index (χ3v) is 6.45. The van der Waals surface area contributed by atoms with Gasteiger partial charge in [-0.1, -0.05) is 42.5 Å². The molecule has 5 rings (SSSR count). The van der Waals surface area contributed by atoms with E-state index in [1.54, 1.807) is 67.9 Å². The molecule has 0 saturated carbocycles. The lowest BCUT2D eigenvalue weighted by Crippen LogP contribution is -2.27. The van der Waals surface area contributed by atoms with Gasteiger partial charge in [0.25, 0.3) is 5.91 Å². The molecule has 4 aromatic carbocycles. The fourth-order valence-corrected chi connectivity index (χ4v) is 4.28. The number of anilines is 4. The number of nitrogens with zero attached hydrogens (tertiary/aromatic N) is 1. The van der Waals surface area contributed by atoms with Crippen molar-refractivity contribution >= 4 is 51.5 Å². The van der Waals surface area contributed by atoms with Crippen molar-refractivity contribution in [1.82, 2.24) is 4.98 Å². The van der Waals surface area contributed by atoms with Crippen LogP contribution in [0.3, 0.4) is 0 Å². The van der Waals surface area contributed by atoms with E-state index in [9.17, 15) is 9.59 Å². The van der Waals surface area contributed by atoms with Crippen molar-refractivity contribution in [3.63, 3.8) is 0 Å². The number of amides is 2. The van der Waals surface area contributed by atoms with Crippen molar-refractivity contribution in [2.75, 3.05) is 28.8 Å². The average molecular weight is 544 g/mol. The third kappa shape index (κ3) is 6.88. The highest BCUT2D eigenvalue weighted by Gasteiger charge is 2.21. The molecule has 0 saturated heterocycles. The van der Waals surface area contributed by atoms with E-state index in [1.165, 1.54) is 6.08 Å². The zero-order valence-corrected chi connectivity index (χ0v) is 22.4. The number of hydrogen-bond acceptors (Lipinski definition) is 6. The summed E-state index contributed by atoms with van der Waals surface area (Å²) in [6, 6.07) is 30.6. The first-order valence-electron chi connectivity index (χ1n) is 13.0. The number of para-hydroxylation sites is 2. The molecule has 0 spiro atoms. The SMILES string of the molecule is COc1ccc(NC(=O)C(Nc2ccc3ncccc3c2)c2ccc(/C=C/C(=O)Nc3ccccc3N)cc2)cc1. The average Bonchev–Trinajstić information content (AvgIpc) is 3.00. The zero-order valence-electron chi connectivity index (χ0n) is 22.4. The molecule has 8 heteroatoms. The Balaban J connectivity index is 1.35. The van der Waals surface area contributed by atoms with Gasteiger partial charge in [-0.25, -0.2) is 0 Å². The summed E-state index contributed by atoms with van der Waals surface area (Å²) < 4.78 is 5.22. The van der Waals surface area contributed by atoms with Crippen molar-refractivity contribution in [3.05, 3.63) is 127 Å². The highest BCUT2D eigenvalue weighted by atomic mass is 16.5. The number of benzene rings is 4. The Morgan fingerprint density at radius 1 is 0.854 bits per heavy atom. The number of carbonyl (C=O) groups is 2. The van der Waals surface area contributed by atoms with Crippen LogP contribution in [0, 0.1) is 0 Å². The van der Waals surface area contributed by atoms with Crippen molar-refractivity contribution in [3.8, 4) is 5.75 Å². The highest BCUT2D eigenvalue weighted by Crippen LogP contribution is 2.26. The summed E-state index contributed by atoms with van der Waals surface area (Å²) >= 11 is 0. The Labute approximate surface area is 237 Å². The lowest BCUT2D eigenvalue weighted by atomic mass is 10.0. The predicted octanol–water partition coefficient (Wildman–Crippen LogP) is 6.27. The number of aromatic nitrogens is 1. The molecule has 204 valence electrons. The monoisotopic (exact) mass is 543 g/mol. The van der Waals surface area contributed by atoms with Gasteiger partial charge in [0.1, 0.15) is 11.8 Å². The van der Waals surface area contributed by atoms with Crippen molar-refractivity contribution < 1.29 is 14.3 Å². The summed E-state index contributed by atoms with van der Waals surface area (Å²) in [5.74, 6) is 0.174. The van der Waals surface area contributed by atoms with Gasteiger partial charge in [-0.05, 0) is 77.9 Å². The molecule has 0 bridgehead atoms. The number of fused-ring (bicyclic) bond motifs is 1. The first-order chi connectivity index (χ1) is 20.0. The summed E-state index contributed by atoms with van der Waals surface area (Å²) in [7, 11) is 1.59. The number of nitrogens with two attached hydrogens (primary N) is 1. The van der Waals surface area contributed by atoms with E-state index in [0.29, 0.717) is 22.8 Å². The number of rotatable bonds is 9. The van der Waals surface area contributed by atoms with Crippen LogP contribution in [0.5, 0.6) is 5.75 Å².